The van der Waals surface area contributed by atoms with Crippen molar-refractivity contribution in [2.24, 2.45) is 0 Å². The van der Waals surface area contributed by atoms with Gasteiger partial charge in [-0.3, -0.25) is 4.40 Å². The van der Waals surface area contributed by atoms with Gasteiger partial charge in [0.05, 0.1) is 0 Å². The number of fused-ring (bicyclic) bond motifs is 1. The molecule has 6 heteroatoms. The first kappa shape index (κ1) is 11.9. The molecule has 0 aliphatic heterocycles. The van der Waals surface area contributed by atoms with Gasteiger partial charge >= 0.3 is 0 Å². The first-order valence-corrected chi connectivity index (χ1v) is 7.17. The van der Waals surface area contributed by atoms with Gasteiger partial charge in [-0.15, -0.1) is 0 Å². The number of hydrogen-bond acceptors (Lipinski definition) is 4. The van der Waals surface area contributed by atoms with Crippen molar-refractivity contribution >= 4 is 38.4 Å². The molecule has 0 saturated carbocycles. The van der Waals surface area contributed by atoms with Crippen molar-refractivity contribution in [1.82, 2.24) is 13.8 Å². The Morgan fingerprint density at radius 1 is 1.56 bits per heavy atom. The predicted octanol–water partition coefficient (Wildman–Crippen LogP) is 3.16. The zero-order valence-corrected chi connectivity index (χ0v) is 11.6. The van der Waals surface area contributed by atoms with E-state index in [1.807, 2.05) is 10.6 Å². The number of anilines is 1. The quantitative estimate of drug-likeness (QED) is 0.834. The fourth-order valence-electron chi connectivity index (χ4n) is 1.56. The largest absolute Gasteiger partial charge is 0.355 e. The van der Waals surface area contributed by atoms with Crippen LogP contribution in [0.3, 0.4) is 0 Å². The Bertz CT molecular complexity index is 439. The van der Waals surface area contributed by atoms with Crippen LogP contribution in [0.1, 0.15) is 26.2 Å². The van der Waals surface area contributed by atoms with Crippen molar-refractivity contribution in [2.45, 2.75) is 31.0 Å². The summed E-state index contributed by atoms with van der Waals surface area (Å²) in [7, 11) is 0. The average molecular weight is 303 g/mol. The summed E-state index contributed by atoms with van der Waals surface area (Å²) < 4.78 is 6.29. The normalized spacial score (nSPS) is 13.1. The van der Waals surface area contributed by atoms with Crippen LogP contribution in [0.2, 0.25) is 0 Å². The van der Waals surface area contributed by atoms with Crippen LogP contribution in [-0.4, -0.2) is 25.1 Å². The van der Waals surface area contributed by atoms with E-state index in [9.17, 15) is 0 Å². The number of alkyl halides is 1. The van der Waals surface area contributed by atoms with E-state index in [0.717, 1.165) is 23.9 Å². The molecule has 1 unspecified atom stereocenters. The minimum Gasteiger partial charge on any atom is -0.355 e. The lowest BCUT2D eigenvalue weighted by atomic mass is 10.2. The third kappa shape index (κ3) is 2.74. The Kier molecular flexibility index (Phi) is 4.17. The summed E-state index contributed by atoms with van der Waals surface area (Å²) in [5, 5.41) is 3.34. The number of imidazole rings is 1. The zero-order valence-electron chi connectivity index (χ0n) is 9.19. The second kappa shape index (κ2) is 5.63. The molecule has 16 heavy (non-hydrogen) atoms. The molecule has 0 saturated heterocycles. The van der Waals surface area contributed by atoms with Gasteiger partial charge in [-0.25, -0.2) is 4.98 Å². The van der Waals surface area contributed by atoms with Crippen molar-refractivity contribution in [3.63, 3.8) is 0 Å². The highest BCUT2D eigenvalue weighted by atomic mass is 79.9. The van der Waals surface area contributed by atoms with Crippen molar-refractivity contribution in [3.8, 4) is 0 Å². The summed E-state index contributed by atoms with van der Waals surface area (Å²) in [4.78, 5) is 5.72. The Labute approximate surface area is 107 Å². The molecule has 2 aromatic rings. The molecule has 1 atom stereocenters. The maximum atomic E-state index is 4.31. The summed E-state index contributed by atoms with van der Waals surface area (Å²) in [5.41, 5.74) is 0. The van der Waals surface area contributed by atoms with Gasteiger partial charge in [-0.1, -0.05) is 29.3 Å². The molecule has 0 aliphatic rings. The molecule has 0 bridgehead atoms. The number of hydrogen-bond donors (Lipinski definition) is 1. The van der Waals surface area contributed by atoms with Crippen LogP contribution >= 0.6 is 27.5 Å². The number of rotatable bonds is 6. The molecule has 4 nitrogen and oxygen atoms in total. The van der Waals surface area contributed by atoms with Crippen LogP contribution in [0.5, 0.6) is 0 Å². The minimum absolute atomic E-state index is 0.599. The molecule has 0 aromatic carbocycles. The molecule has 0 aliphatic carbocycles. The van der Waals surface area contributed by atoms with Crippen molar-refractivity contribution in [3.05, 3.63) is 12.4 Å². The maximum Gasteiger partial charge on any atom is 0.220 e. The van der Waals surface area contributed by atoms with E-state index in [2.05, 4.69) is 37.5 Å². The second-order valence-corrected chi connectivity index (χ2v) is 5.71. The van der Waals surface area contributed by atoms with Gasteiger partial charge in [-0.2, -0.15) is 4.37 Å². The van der Waals surface area contributed by atoms with Gasteiger partial charge in [-0.05, 0) is 12.8 Å². The predicted molar refractivity (Wildman–Crippen MR) is 71.6 cm³/mol. The summed E-state index contributed by atoms with van der Waals surface area (Å²) in [6.07, 6.45) is 7.28. The fourth-order valence-corrected chi connectivity index (χ4v) is 2.91. The monoisotopic (exact) mass is 302 g/mol. The molecular formula is C10H15BrN4S. The van der Waals surface area contributed by atoms with E-state index in [-0.39, 0.29) is 0 Å². The molecule has 2 heterocycles. The van der Waals surface area contributed by atoms with Crippen LogP contribution in [0.4, 0.5) is 5.95 Å². The van der Waals surface area contributed by atoms with E-state index >= 15 is 0 Å². The minimum atomic E-state index is 0.599. The Morgan fingerprint density at radius 3 is 3.25 bits per heavy atom. The molecule has 2 rings (SSSR count). The van der Waals surface area contributed by atoms with E-state index in [1.54, 1.807) is 6.20 Å². The van der Waals surface area contributed by atoms with E-state index in [0.29, 0.717) is 4.83 Å². The van der Waals surface area contributed by atoms with Crippen LogP contribution in [-0.2, 0) is 0 Å². The molecule has 0 spiro atoms. The van der Waals surface area contributed by atoms with E-state index < -0.39 is 0 Å². The number of aromatic nitrogens is 3. The van der Waals surface area contributed by atoms with Gasteiger partial charge in [0.1, 0.15) is 0 Å². The van der Waals surface area contributed by atoms with Crippen molar-refractivity contribution < 1.29 is 0 Å². The SMILES string of the molecule is CCCC(Br)CCNc1nsc2nccn12. The van der Waals surface area contributed by atoms with Gasteiger partial charge < -0.3 is 5.32 Å². The highest BCUT2D eigenvalue weighted by Gasteiger charge is 2.06. The lowest BCUT2D eigenvalue weighted by Gasteiger charge is -2.08. The topological polar surface area (TPSA) is 42.2 Å². The smallest absolute Gasteiger partial charge is 0.220 e. The third-order valence-electron chi connectivity index (χ3n) is 2.39. The second-order valence-electron chi connectivity index (χ2n) is 3.69. The Balaban J connectivity index is 1.84. The lowest BCUT2D eigenvalue weighted by Crippen LogP contribution is -2.10. The maximum absolute atomic E-state index is 4.31. The first-order chi connectivity index (χ1) is 7.81. The highest BCUT2D eigenvalue weighted by Crippen LogP contribution is 2.16. The summed E-state index contributed by atoms with van der Waals surface area (Å²) in [5.74, 6) is 0.897. The first-order valence-electron chi connectivity index (χ1n) is 5.48. The van der Waals surface area contributed by atoms with Gasteiger partial charge in [0.25, 0.3) is 0 Å². The molecular weight excluding hydrogens is 288 g/mol. The van der Waals surface area contributed by atoms with Gasteiger partial charge in [0.15, 0.2) is 0 Å². The average Bonchev–Trinajstić information content (AvgIpc) is 2.82. The Hall–Kier alpha value is -0.620. The summed E-state index contributed by atoms with van der Waals surface area (Å²) in [6.45, 7) is 3.14. The number of nitrogens with zero attached hydrogens (tertiary/aromatic N) is 3. The molecule has 88 valence electrons. The molecule has 0 fully saturated rings. The zero-order chi connectivity index (χ0) is 11.4. The molecule has 0 amide bonds. The van der Waals surface area contributed by atoms with Crippen LogP contribution in [0.15, 0.2) is 12.4 Å². The molecule has 0 radical (unpaired) electrons. The van der Waals surface area contributed by atoms with Gasteiger partial charge in [0.2, 0.25) is 10.9 Å². The van der Waals surface area contributed by atoms with Crippen LogP contribution < -0.4 is 5.32 Å². The van der Waals surface area contributed by atoms with Gasteiger partial charge in [0, 0.05) is 35.3 Å². The Morgan fingerprint density at radius 2 is 2.44 bits per heavy atom. The third-order valence-corrected chi connectivity index (χ3v) is 4.04. The standard InChI is InChI=1S/C10H15BrN4S/c1-2-3-8(11)4-5-12-9-14-16-10-13-6-7-15(9)10/h6-8H,2-5H2,1H3,(H,12,14). The van der Waals surface area contributed by atoms with Crippen molar-refractivity contribution in [2.75, 3.05) is 11.9 Å². The lowest BCUT2D eigenvalue weighted by molar-refractivity contribution is 0.710. The number of nitrogens with one attached hydrogen (secondary N) is 1. The van der Waals surface area contributed by atoms with E-state index in [4.69, 9.17) is 0 Å². The van der Waals surface area contributed by atoms with E-state index in [1.165, 1.54) is 24.4 Å². The van der Waals surface area contributed by atoms with Crippen LogP contribution in [0, 0.1) is 0 Å². The molecule has 2 aromatic heterocycles. The van der Waals surface area contributed by atoms with Crippen LogP contribution in [0.25, 0.3) is 4.96 Å². The summed E-state index contributed by atoms with van der Waals surface area (Å²) >= 11 is 5.08. The highest BCUT2D eigenvalue weighted by molar-refractivity contribution is 9.09. The number of halogens is 1. The van der Waals surface area contributed by atoms with Crippen molar-refractivity contribution in [1.29, 1.82) is 0 Å². The molecule has 1 N–H and O–H groups in total. The fraction of sp³-hybridized carbons (Fsp3) is 0.600. The summed E-state index contributed by atoms with van der Waals surface area (Å²) in [6, 6.07) is 0.